The van der Waals surface area contributed by atoms with E-state index in [9.17, 15) is 0 Å². The van der Waals surface area contributed by atoms with Crippen LogP contribution >= 0.6 is 23.4 Å². The molecule has 4 heteroatoms. The van der Waals surface area contributed by atoms with Crippen LogP contribution < -0.4 is 10.3 Å². The SMILES string of the molecule is Clc1ccc(CSC2=[NH+]CCCN2)cc1. The molecule has 15 heavy (non-hydrogen) atoms. The van der Waals surface area contributed by atoms with Crippen LogP contribution in [0.2, 0.25) is 5.02 Å². The summed E-state index contributed by atoms with van der Waals surface area (Å²) >= 11 is 7.63. The van der Waals surface area contributed by atoms with Gasteiger partial charge in [0.15, 0.2) is 0 Å². The molecular weight excluding hydrogens is 228 g/mol. The summed E-state index contributed by atoms with van der Waals surface area (Å²) < 4.78 is 0. The molecule has 0 atom stereocenters. The van der Waals surface area contributed by atoms with E-state index in [0.29, 0.717) is 0 Å². The molecule has 2 N–H and O–H groups in total. The first-order chi connectivity index (χ1) is 7.34. The Morgan fingerprint density at radius 3 is 2.80 bits per heavy atom. The van der Waals surface area contributed by atoms with Crippen molar-refractivity contribution < 1.29 is 4.99 Å². The summed E-state index contributed by atoms with van der Waals surface area (Å²) in [4.78, 5) is 3.34. The zero-order valence-corrected chi connectivity index (χ0v) is 10.00. The number of thioether (sulfide) groups is 1. The Kier molecular flexibility index (Phi) is 3.92. The highest BCUT2D eigenvalue weighted by atomic mass is 35.5. The number of hydrogen-bond donors (Lipinski definition) is 2. The van der Waals surface area contributed by atoms with Gasteiger partial charge in [-0.2, -0.15) is 0 Å². The van der Waals surface area contributed by atoms with Crippen LogP contribution in [0.4, 0.5) is 0 Å². The predicted octanol–water partition coefficient (Wildman–Crippen LogP) is 1.00. The van der Waals surface area contributed by atoms with Crippen molar-refractivity contribution in [1.82, 2.24) is 5.32 Å². The summed E-state index contributed by atoms with van der Waals surface area (Å²) in [6.07, 6.45) is 1.20. The third-order valence-electron chi connectivity index (χ3n) is 2.22. The summed E-state index contributed by atoms with van der Waals surface area (Å²) in [7, 11) is 0. The Balaban J connectivity index is 1.87. The van der Waals surface area contributed by atoms with Crippen molar-refractivity contribution in [2.75, 3.05) is 13.1 Å². The number of halogens is 1. The average Bonchev–Trinajstić information content (AvgIpc) is 2.30. The standard InChI is InChI=1S/C11H13ClN2S/c12-10-4-2-9(3-5-10)8-15-11-13-6-1-7-14-11/h2-5H,1,6-8H2,(H,13,14)/p+1. The van der Waals surface area contributed by atoms with Crippen LogP contribution in [0.5, 0.6) is 0 Å². The van der Waals surface area contributed by atoms with Crippen LogP contribution in [-0.2, 0) is 5.75 Å². The molecule has 0 saturated carbocycles. The van der Waals surface area contributed by atoms with Crippen LogP contribution in [0.25, 0.3) is 0 Å². The highest BCUT2D eigenvalue weighted by molar-refractivity contribution is 8.12. The van der Waals surface area contributed by atoms with Crippen LogP contribution in [0.1, 0.15) is 12.0 Å². The van der Waals surface area contributed by atoms with Crippen LogP contribution in [0.3, 0.4) is 0 Å². The van der Waals surface area contributed by atoms with Gasteiger partial charge in [-0.25, -0.2) is 0 Å². The molecule has 0 spiro atoms. The second kappa shape index (κ2) is 5.42. The number of hydrogen-bond acceptors (Lipinski definition) is 2. The monoisotopic (exact) mass is 241 g/mol. The highest BCUT2D eigenvalue weighted by Crippen LogP contribution is 2.14. The second-order valence-electron chi connectivity index (χ2n) is 3.45. The van der Waals surface area contributed by atoms with Gasteiger partial charge >= 0.3 is 5.17 Å². The third kappa shape index (κ3) is 3.43. The van der Waals surface area contributed by atoms with E-state index in [4.69, 9.17) is 11.6 Å². The summed E-state index contributed by atoms with van der Waals surface area (Å²) in [6, 6.07) is 8.01. The molecule has 0 amide bonds. The van der Waals surface area contributed by atoms with Gasteiger partial charge < -0.3 is 0 Å². The fourth-order valence-electron chi connectivity index (χ4n) is 1.39. The number of amidine groups is 1. The summed E-state index contributed by atoms with van der Waals surface area (Å²) in [5.41, 5.74) is 1.30. The lowest BCUT2D eigenvalue weighted by molar-refractivity contribution is -0.460. The van der Waals surface area contributed by atoms with Gasteiger partial charge in [-0.1, -0.05) is 23.7 Å². The van der Waals surface area contributed by atoms with Gasteiger partial charge in [-0.3, -0.25) is 10.3 Å². The van der Waals surface area contributed by atoms with Gasteiger partial charge in [0.05, 0.1) is 13.1 Å². The minimum atomic E-state index is 0.797. The van der Waals surface area contributed by atoms with E-state index in [-0.39, 0.29) is 0 Å². The third-order valence-corrected chi connectivity index (χ3v) is 3.53. The van der Waals surface area contributed by atoms with E-state index >= 15 is 0 Å². The lowest BCUT2D eigenvalue weighted by Crippen LogP contribution is -2.78. The Morgan fingerprint density at radius 1 is 1.33 bits per heavy atom. The maximum absolute atomic E-state index is 5.82. The fraction of sp³-hybridized carbons (Fsp3) is 0.364. The van der Waals surface area contributed by atoms with Crippen molar-refractivity contribution in [2.45, 2.75) is 12.2 Å². The maximum Gasteiger partial charge on any atom is 0.304 e. The van der Waals surface area contributed by atoms with Crippen LogP contribution in [0.15, 0.2) is 24.3 Å². The Labute approximate surface area is 99.1 Å². The van der Waals surface area contributed by atoms with Crippen LogP contribution in [0, 0.1) is 0 Å². The van der Waals surface area contributed by atoms with E-state index in [1.54, 1.807) is 0 Å². The summed E-state index contributed by atoms with van der Waals surface area (Å²) in [5, 5.41) is 5.33. The maximum atomic E-state index is 5.82. The molecule has 0 saturated heterocycles. The molecule has 1 aliphatic rings. The van der Waals surface area contributed by atoms with E-state index in [1.807, 2.05) is 23.9 Å². The molecule has 2 nitrogen and oxygen atoms in total. The van der Waals surface area contributed by atoms with E-state index in [1.165, 1.54) is 17.2 Å². The zero-order chi connectivity index (χ0) is 10.5. The largest absolute Gasteiger partial charge is 0.304 e. The molecular formula is C11H14ClN2S+. The van der Waals surface area contributed by atoms with Crippen molar-refractivity contribution in [3.05, 3.63) is 34.9 Å². The first kappa shape index (κ1) is 10.8. The first-order valence-corrected chi connectivity index (χ1v) is 6.43. The van der Waals surface area contributed by atoms with Crippen molar-refractivity contribution in [3.8, 4) is 0 Å². The fourth-order valence-corrected chi connectivity index (χ4v) is 2.43. The normalized spacial score (nSPS) is 15.7. The smallest absolute Gasteiger partial charge is 0.269 e. The molecule has 1 aliphatic heterocycles. The van der Waals surface area contributed by atoms with E-state index in [2.05, 4.69) is 22.4 Å². The van der Waals surface area contributed by atoms with Gasteiger partial charge in [0.2, 0.25) is 0 Å². The van der Waals surface area contributed by atoms with Crippen molar-refractivity contribution in [3.63, 3.8) is 0 Å². The number of benzene rings is 1. The lowest BCUT2D eigenvalue weighted by Gasteiger charge is -2.07. The van der Waals surface area contributed by atoms with Crippen LogP contribution in [-0.4, -0.2) is 18.3 Å². The topological polar surface area (TPSA) is 26.0 Å². The molecule has 2 rings (SSSR count). The van der Waals surface area contributed by atoms with E-state index in [0.717, 1.165) is 23.9 Å². The van der Waals surface area contributed by atoms with Gasteiger partial charge in [0.25, 0.3) is 0 Å². The van der Waals surface area contributed by atoms with Gasteiger partial charge in [0.1, 0.15) is 0 Å². The molecule has 0 bridgehead atoms. The van der Waals surface area contributed by atoms with Crippen molar-refractivity contribution >= 4 is 28.5 Å². The summed E-state index contributed by atoms with van der Waals surface area (Å²) in [5.74, 6) is 0.979. The van der Waals surface area contributed by atoms with Gasteiger partial charge in [-0.05, 0) is 29.5 Å². The summed E-state index contributed by atoms with van der Waals surface area (Å²) in [6.45, 7) is 2.16. The average molecular weight is 242 g/mol. The molecule has 0 radical (unpaired) electrons. The highest BCUT2D eigenvalue weighted by Gasteiger charge is 2.10. The Bertz CT molecular complexity index is 348. The van der Waals surface area contributed by atoms with E-state index < -0.39 is 0 Å². The van der Waals surface area contributed by atoms with Gasteiger partial charge in [-0.15, -0.1) is 0 Å². The molecule has 0 fully saturated rings. The zero-order valence-electron chi connectivity index (χ0n) is 8.42. The second-order valence-corrected chi connectivity index (χ2v) is 4.87. The molecule has 1 aromatic rings. The number of nitrogens with one attached hydrogen (secondary N) is 2. The van der Waals surface area contributed by atoms with Gasteiger partial charge in [0, 0.05) is 17.2 Å². The predicted molar refractivity (Wildman–Crippen MR) is 66.2 cm³/mol. The van der Waals surface area contributed by atoms with Crippen molar-refractivity contribution in [2.24, 2.45) is 0 Å². The molecule has 0 aliphatic carbocycles. The number of rotatable bonds is 2. The lowest BCUT2D eigenvalue weighted by atomic mass is 10.2. The molecule has 1 aromatic carbocycles. The molecule has 80 valence electrons. The molecule has 0 aromatic heterocycles. The Morgan fingerprint density at radius 2 is 2.13 bits per heavy atom. The molecule has 0 unspecified atom stereocenters. The minimum absolute atomic E-state index is 0.797. The van der Waals surface area contributed by atoms with Crippen molar-refractivity contribution in [1.29, 1.82) is 0 Å². The first-order valence-electron chi connectivity index (χ1n) is 5.06. The quantitative estimate of drug-likeness (QED) is 0.808. The molecule has 1 heterocycles. The Hall–Kier alpha value is -0.670. The minimum Gasteiger partial charge on any atom is -0.269 e.